The molecule has 0 radical (unpaired) electrons. The molecule has 0 saturated carbocycles. The van der Waals surface area contributed by atoms with Gasteiger partial charge in [0.25, 0.3) is 0 Å². The second kappa shape index (κ2) is 6.14. The molecule has 0 amide bonds. The van der Waals surface area contributed by atoms with Crippen LogP contribution < -0.4 is 5.32 Å². The maximum atomic E-state index is 10.3. The molecular formula is C11H16N2O2. The second-order valence-electron chi connectivity index (χ2n) is 3.46. The predicted molar refractivity (Wildman–Crippen MR) is 57.5 cm³/mol. The van der Waals surface area contributed by atoms with E-state index in [9.17, 15) is 4.79 Å². The largest absolute Gasteiger partial charge is 0.481 e. The number of nitrogens with one attached hydrogen (secondary N) is 1. The Hall–Kier alpha value is -1.42. The Balaban J connectivity index is 2.25. The van der Waals surface area contributed by atoms with Gasteiger partial charge in [0.1, 0.15) is 0 Å². The minimum atomic E-state index is -0.745. The van der Waals surface area contributed by atoms with Crippen LogP contribution in [0.25, 0.3) is 0 Å². The van der Waals surface area contributed by atoms with Crippen LogP contribution in [0.1, 0.15) is 31.4 Å². The number of hydrogen-bond acceptors (Lipinski definition) is 3. The van der Waals surface area contributed by atoms with Gasteiger partial charge in [-0.1, -0.05) is 6.07 Å². The van der Waals surface area contributed by atoms with E-state index in [1.807, 2.05) is 25.3 Å². The number of hydrogen-bond donors (Lipinski definition) is 2. The highest BCUT2D eigenvalue weighted by atomic mass is 16.4. The van der Waals surface area contributed by atoms with Crippen LogP contribution in [0.5, 0.6) is 0 Å². The molecule has 1 rings (SSSR count). The first-order valence-corrected chi connectivity index (χ1v) is 5.05. The molecule has 2 N–H and O–H groups in total. The van der Waals surface area contributed by atoms with E-state index in [0.717, 1.165) is 5.56 Å². The maximum Gasteiger partial charge on any atom is 0.303 e. The van der Waals surface area contributed by atoms with E-state index in [0.29, 0.717) is 13.0 Å². The number of aromatic nitrogens is 1. The number of carboxylic acid groups (broad SMARTS) is 1. The van der Waals surface area contributed by atoms with Gasteiger partial charge >= 0.3 is 5.97 Å². The predicted octanol–water partition coefficient (Wildman–Crippen LogP) is 1.60. The first kappa shape index (κ1) is 11.7. The molecule has 0 fully saturated rings. The third kappa shape index (κ3) is 4.56. The molecule has 0 saturated heterocycles. The number of rotatable bonds is 6. The minimum Gasteiger partial charge on any atom is -0.481 e. The SMILES string of the molecule is C[C@@H](NCCCC(=O)O)c1cccnc1. The summed E-state index contributed by atoms with van der Waals surface area (Å²) in [5, 5.41) is 11.7. The molecular weight excluding hydrogens is 192 g/mol. The summed E-state index contributed by atoms with van der Waals surface area (Å²) >= 11 is 0. The van der Waals surface area contributed by atoms with Crippen molar-refractivity contribution in [1.82, 2.24) is 10.3 Å². The van der Waals surface area contributed by atoms with Crippen molar-refractivity contribution in [2.45, 2.75) is 25.8 Å². The summed E-state index contributed by atoms with van der Waals surface area (Å²) in [5.41, 5.74) is 1.12. The number of carboxylic acids is 1. The summed E-state index contributed by atoms with van der Waals surface area (Å²) in [7, 11) is 0. The van der Waals surface area contributed by atoms with Crippen molar-refractivity contribution in [3.05, 3.63) is 30.1 Å². The van der Waals surface area contributed by atoms with Crippen molar-refractivity contribution in [3.63, 3.8) is 0 Å². The van der Waals surface area contributed by atoms with Crippen LogP contribution in [-0.2, 0) is 4.79 Å². The topological polar surface area (TPSA) is 62.2 Å². The summed E-state index contributed by atoms with van der Waals surface area (Å²) in [6.07, 6.45) is 4.42. The molecule has 0 aliphatic heterocycles. The summed E-state index contributed by atoms with van der Waals surface area (Å²) in [6.45, 7) is 2.75. The smallest absolute Gasteiger partial charge is 0.303 e. The lowest BCUT2D eigenvalue weighted by molar-refractivity contribution is -0.137. The molecule has 0 bridgehead atoms. The van der Waals surface area contributed by atoms with Crippen molar-refractivity contribution >= 4 is 5.97 Å². The summed E-state index contributed by atoms with van der Waals surface area (Å²) in [6, 6.07) is 4.11. The highest BCUT2D eigenvalue weighted by molar-refractivity contribution is 5.66. The lowest BCUT2D eigenvalue weighted by atomic mass is 10.1. The van der Waals surface area contributed by atoms with E-state index >= 15 is 0 Å². The lowest BCUT2D eigenvalue weighted by Gasteiger charge is -2.12. The van der Waals surface area contributed by atoms with Crippen molar-refractivity contribution in [1.29, 1.82) is 0 Å². The number of aliphatic carboxylic acids is 1. The molecule has 1 aromatic rings. The number of carbonyl (C=O) groups is 1. The Morgan fingerprint density at radius 1 is 1.67 bits per heavy atom. The maximum absolute atomic E-state index is 10.3. The molecule has 0 aromatic carbocycles. The van der Waals surface area contributed by atoms with Gasteiger partial charge in [-0.05, 0) is 31.5 Å². The van der Waals surface area contributed by atoms with Gasteiger partial charge in [0.2, 0.25) is 0 Å². The van der Waals surface area contributed by atoms with Gasteiger partial charge in [0, 0.05) is 24.9 Å². The molecule has 4 heteroatoms. The minimum absolute atomic E-state index is 0.215. The molecule has 0 aliphatic rings. The van der Waals surface area contributed by atoms with Crippen LogP contribution in [0.3, 0.4) is 0 Å². The van der Waals surface area contributed by atoms with E-state index in [1.165, 1.54) is 0 Å². The van der Waals surface area contributed by atoms with Gasteiger partial charge in [0.15, 0.2) is 0 Å². The van der Waals surface area contributed by atoms with E-state index < -0.39 is 5.97 Å². The van der Waals surface area contributed by atoms with Gasteiger partial charge in [0.05, 0.1) is 0 Å². The Bertz CT molecular complexity index is 301. The standard InChI is InChI=1S/C11H16N2O2/c1-9(10-4-2-6-12-8-10)13-7-3-5-11(14)15/h2,4,6,8-9,13H,3,5,7H2,1H3,(H,14,15)/t9-/m1/s1. The average molecular weight is 208 g/mol. The molecule has 0 unspecified atom stereocenters. The van der Waals surface area contributed by atoms with Crippen LogP contribution in [0.15, 0.2) is 24.5 Å². The van der Waals surface area contributed by atoms with Crippen LogP contribution in [0.2, 0.25) is 0 Å². The highest BCUT2D eigenvalue weighted by Crippen LogP contribution is 2.09. The Morgan fingerprint density at radius 2 is 2.47 bits per heavy atom. The van der Waals surface area contributed by atoms with Gasteiger partial charge in [-0.15, -0.1) is 0 Å². The molecule has 1 atom stereocenters. The van der Waals surface area contributed by atoms with Gasteiger partial charge in [-0.25, -0.2) is 0 Å². The molecule has 0 aliphatic carbocycles. The van der Waals surface area contributed by atoms with Gasteiger partial charge in [-0.2, -0.15) is 0 Å². The van der Waals surface area contributed by atoms with E-state index in [1.54, 1.807) is 6.20 Å². The quantitative estimate of drug-likeness (QED) is 0.697. The third-order valence-corrected chi connectivity index (χ3v) is 2.20. The fourth-order valence-electron chi connectivity index (χ4n) is 1.31. The van der Waals surface area contributed by atoms with E-state index in [-0.39, 0.29) is 12.5 Å². The van der Waals surface area contributed by atoms with Gasteiger partial charge in [-0.3, -0.25) is 9.78 Å². The first-order valence-electron chi connectivity index (χ1n) is 5.05. The van der Waals surface area contributed by atoms with Crippen LogP contribution in [0, 0.1) is 0 Å². The normalized spacial score (nSPS) is 12.3. The molecule has 0 spiro atoms. The highest BCUT2D eigenvalue weighted by Gasteiger charge is 2.04. The Labute approximate surface area is 89.3 Å². The van der Waals surface area contributed by atoms with Crippen molar-refractivity contribution in [2.24, 2.45) is 0 Å². The Morgan fingerprint density at radius 3 is 3.07 bits per heavy atom. The van der Waals surface area contributed by atoms with Crippen molar-refractivity contribution in [2.75, 3.05) is 6.54 Å². The zero-order valence-electron chi connectivity index (χ0n) is 8.81. The monoisotopic (exact) mass is 208 g/mol. The molecule has 82 valence electrons. The summed E-state index contributed by atoms with van der Waals surface area (Å²) < 4.78 is 0. The first-order chi connectivity index (χ1) is 7.20. The molecule has 15 heavy (non-hydrogen) atoms. The molecule has 1 heterocycles. The van der Waals surface area contributed by atoms with Gasteiger partial charge < -0.3 is 10.4 Å². The van der Waals surface area contributed by atoms with Crippen molar-refractivity contribution < 1.29 is 9.90 Å². The van der Waals surface area contributed by atoms with Crippen LogP contribution in [-0.4, -0.2) is 22.6 Å². The summed E-state index contributed by atoms with van der Waals surface area (Å²) in [4.78, 5) is 14.3. The van der Waals surface area contributed by atoms with Crippen molar-refractivity contribution in [3.8, 4) is 0 Å². The van der Waals surface area contributed by atoms with Crippen LogP contribution in [0.4, 0.5) is 0 Å². The number of nitrogens with zero attached hydrogens (tertiary/aromatic N) is 1. The zero-order chi connectivity index (χ0) is 11.1. The zero-order valence-corrected chi connectivity index (χ0v) is 8.81. The average Bonchev–Trinajstić information content (AvgIpc) is 2.25. The fraction of sp³-hybridized carbons (Fsp3) is 0.455. The third-order valence-electron chi connectivity index (χ3n) is 2.20. The van der Waals surface area contributed by atoms with E-state index in [4.69, 9.17) is 5.11 Å². The summed E-state index contributed by atoms with van der Waals surface area (Å²) in [5.74, 6) is -0.745. The van der Waals surface area contributed by atoms with E-state index in [2.05, 4.69) is 10.3 Å². The number of pyridine rings is 1. The lowest BCUT2D eigenvalue weighted by Crippen LogP contribution is -2.20. The second-order valence-corrected chi connectivity index (χ2v) is 3.46. The fourth-order valence-corrected chi connectivity index (χ4v) is 1.31. The molecule has 1 aromatic heterocycles. The molecule has 4 nitrogen and oxygen atoms in total. The Kier molecular flexibility index (Phi) is 4.77. The van der Waals surface area contributed by atoms with Crippen LogP contribution >= 0.6 is 0 Å².